The number of nitrogens with zero attached hydrogens (tertiary/aromatic N) is 1. The molecule has 0 aliphatic rings. The van der Waals surface area contributed by atoms with E-state index in [1.54, 1.807) is 0 Å². The molecule has 0 aliphatic heterocycles. The number of unbranched alkanes of at least 4 members (excludes halogenated alkanes) is 4. The van der Waals surface area contributed by atoms with Crippen LogP contribution in [0.2, 0.25) is 0 Å². The standard InChI is InChI=1S/C12H21NO2/c1-2-3-8-11(12(14)15)9-6-4-5-7-10-13/h11H,2-9H2,1H3,(H,14,15). The molecule has 0 aromatic rings. The first kappa shape index (κ1) is 14.0. The number of hydrogen-bond donors (Lipinski definition) is 1. The summed E-state index contributed by atoms with van der Waals surface area (Å²) in [6, 6.07) is 2.10. The molecule has 0 aromatic carbocycles. The maximum atomic E-state index is 10.9. The fourth-order valence-electron chi connectivity index (χ4n) is 1.61. The van der Waals surface area contributed by atoms with Gasteiger partial charge in [0.05, 0.1) is 12.0 Å². The van der Waals surface area contributed by atoms with E-state index in [-0.39, 0.29) is 5.92 Å². The van der Waals surface area contributed by atoms with Crippen LogP contribution in [0.25, 0.3) is 0 Å². The molecule has 86 valence electrons. The third-order valence-corrected chi connectivity index (χ3v) is 2.60. The van der Waals surface area contributed by atoms with Crippen molar-refractivity contribution >= 4 is 5.97 Å². The van der Waals surface area contributed by atoms with Crippen molar-refractivity contribution in [1.82, 2.24) is 0 Å². The van der Waals surface area contributed by atoms with Gasteiger partial charge in [-0.15, -0.1) is 0 Å². The van der Waals surface area contributed by atoms with E-state index in [2.05, 4.69) is 13.0 Å². The molecule has 1 atom stereocenters. The van der Waals surface area contributed by atoms with Crippen molar-refractivity contribution in [2.24, 2.45) is 5.92 Å². The first-order valence-electron chi connectivity index (χ1n) is 5.82. The molecule has 0 bridgehead atoms. The van der Waals surface area contributed by atoms with Gasteiger partial charge in [0.15, 0.2) is 0 Å². The lowest BCUT2D eigenvalue weighted by Gasteiger charge is -2.10. The minimum atomic E-state index is -0.663. The Hall–Kier alpha value is -1.04. The summed E-state index contributed by atoms with van der Waals surface area (Å²) in [5.74, 6) is -0.837. The van der Waals surface area contributed by atoms with Gasteiger partial charge in [0, 0.05) is 6.42 Å². The molecule has 0 aliphatic carbocycles. The molecule has 0 aromatic heterocycles. The predicted molar refractivity (Wildman–Crippen MR) is 59.3 cm³/mol. The van der Waals surface area contributed by atoms with Crippen LogP contribution in [0.3, 0.4) is 0 Å². The highest BCUT2D eigenvalue weighted by atomic mass is 16.4. The minimum absolute atomic E-state index is 0.174. The van der Waals surface area contributed by atoms with Gasteiger partial charge in [-0.2, -0.15) is 5.26 Å². The Kier molecular flexibility index (Phi) is 8.85. The van der Waals surface area contributed by atoms with Gasteiger partial charge >= 0.3 is 5.97 Å². The van der Waals surface area contributed by atoms with E-state index >= 15 is 0 Å². The number of hydrogen-bond acceptors (Lipinski definition) is 2. The summed E-state index contributed by atoms with van der Waals surface area (Å²) in [5, 5.41) is 17.3. The van der Waals surface area contributed by atoms with Gasteiger partial charge in [-0.25, -0.2) is 0 Å². The Bertz CT molecular complexity index is 208. The largest absolute Gasteiger partial charge is 0.481 e. The van der Waals surface area contributed by atoms with Crippen molar-refractivity contribution in [2.45, 2.75) is 58.3 Å². The maximum Gasteiger partial charge on any atom is 0.306 e. The van der Waals surface area contributed by atoms with E-state index in [1.165, 1.54) is 0 Å². The molecule has 0 saturated heterocycles. The summed E-state index contributed by atoms with van der Waals surface area (Å²) >= 11 is 0. The van der Waals surface area contributed by atoms with Crippen LogP contribution in [0.4, 0.5) is 0 Å². The van der Waals surface area contributed by atoms with Crippen LogP contribution in [0, 0.1) is 17.2 Å². The molecule has 0 rings (SSSR count). The molecular weight excluding hydrogens is 190 g/mol. The molecule has 0 spiro atoms. The number of nitriles is 1. The number of aliphatic carboxylic acids is 1. The van der Waals surface area contributed by atoms with Crippen molar-refractivity contribution < 1.29 is 9.90 Å². The second-order valence-electron chi connectivity index (χ2n) is 3.93. The summed E-state index contributed by atoms with van der Waals surface area (Å²) in [7, 11) is 0. The van der Waals surface area contributed by atoms with Crippen molar-refractivity contribution in [3.8, 4) is 6.07 Å². The average Bonchev–Trinajstić information content (AvgIpc) is 2.21. The van der Waals surface area contributed by atoms with Gasteiger partial charge in [-0.05, 0) is 19.3 Å². The highest BCUT2D eigenvalue weighted by molar-refractivity contribution is 5.69. The van der Waals surface area contributed by atoms with Crippen molar-refractivity contribution in [1.29, 1.82) is 5.26 Å². The zero-order chi connectivity index (χ0) is 11.5. The van der Waals surface area contributed by atoms with Crippen molar-refractivity contribution in [2.75, 3.05) is 0 Å². The zero-order valence-electron chi connectivity index (χ0n) is 9.54. The maximum absolute atomic E-state index is 10.9. The molecule has 0 amide bonds. The first-order chi connectivity index (χ1) is 7.22. The van der Waals surface area contributed by atoms with Crippen LogP contribution in [0.15, 0.2) is 0 Å². The first-order valence-corrected chi connectivity index (χ1v) is 5.82. The van der Waals surface area contributed by atoms with Gasteiger partial charge in [0.1, 0.15) is 0 Å². The average molecular weight is 211 g/mol. The van der Waals surface area contributed by atoms with E-state index in [4.69, 9.17) is 10.4 Å². The third-order valence-electron chi connectivity index (χ3n) is 2.60. The predicted octanol–water partition coefficient (Wildman–Crippen LogP) is 3.35. The summed E-state index contributed by atoms with van der Waals surface area (Å²) in [5.41, 5.74) is 0. The normalized spacial score (nSPS) is 12.0. The highest BCUT2D eigenvalue weighted by Crippen LogP contribution is 2.17. The number of carboxylic acids is 1. The minimum Gasteiger partial charge on any atom is -0.481 e. The SMILES string of the molecule is CCCCC(CCCCCC#N)C(=O)O. The lowest BCUT2D eigenvalue weighted by atomic mass is 9.95. The fourth-order valence-corrected chi connectivity index (χ4v) is 1.61. The molecule has 0 saturated carbocycles. The van der Waals surface area contributed by atoms with E-state index in [0.717, 1.165) is 44.9 Å². The summed E-state index contributed by atoms with van der Waals surface area (Å²) in [4.78, 5) is 10.9. The zero-order valence-corrected chi connectivity index (χ0v) is 9.54. The smallest absolute Gasteiger partial charge is 0.306 e. The van der Waals surface area contributed by atoms with Crippen LogP contribution < -0.4 is 0 Å². The fraction of sp³-hybridized carbons (Fsp3) is 0.833. The molecule has 0 fully saturated rings. The van der Waals surface area contributed by atoms with E-state index in [1.807, 2.05) is 0 Å². The van der Waals surface area contributed by atoms with Gasteiger partial charge in [-0.1, -0.05) is 32.6 Å². The lowest BCUT2D eigenvalue weighted by molar-refractivity contribution is -0.142. The van der Waals surface area contributed by atoms with Crippen LogP contribution in [0.5, 0.6) is 0 Å². The molecule has 3 nitrogen and oxygen atoms in total. The van der Waals surface area contributed by atoms with Crippen LogP contribution >= 0.6 is 0 Å². The second-order valence-corrected chi connectivity index (χ2v) is 3.93. The van der Waals surface area contributed by atoms with Crippen molar-refractivity contribution in [3.63, 3.8) is 0 Å². The summed E-state index contributed by atoms with van der Waals surface area (Å²) < 4.78 is 0. The van der Waals surface area contributed by atoms with Crippen LogP contribution in [0.1, 0.15) is 58.3 Å². The molecule has 3 heteroatoms. The summed E-state index contributed by atoms with van der Waals surface area (Å²) in [6.45, 7) is 2.08. The van der Waals surface area contributed by atoms with E-state index < -0.39 is 5.97 Å². The topological polar surface area (TPSA) is 61.1 Å². The van der Waals surface area contributed by atoms with Gasteiger partial charge in [0.25, 0.3) is 0 Å². The third kappa shape index (κ3) is 7.99. The number of carbonyl (C=O) groups is 1. The molecule has 0 heterocycles. The highest BCUT2D eigenvalue weighted by Gasteiger charge is 2.15. The Morgan fingerprint density at radius 1 is 1.27 bits per heavy atom. The Balaban J connectivity index is 3.58. The number of rotatable bonds is 9. The van der Waals surface area contributed by atoms with E-state index in [9.17, 15) is 4.79 Å². The Morgan fingerprint density at radius 2 is 1.93 bits per heavy atom. The second kappa shape index (κ2) is 9.51. The number of carboxylic acid groups (broad SMARTS) is 1. The Labute approximate surface area is 92.1 Å². The quantitative estimate of drug-likeness (QED) is 0.595. The lowest BCUT2D eigenvalue weighted by Crippen LogP contribution is -2.13. The monoisotopic (exact) mass is 211 g/mol. The van der Waals surface area contributed by atoms with Gasteiger partial charge in [-0.3, -0.25) is 4.79 Å². The molecule has 1 unspecified atom stereocenters. The van der Waals surface area contributed by atoms with Crippen LogP contribution in [-0.4, -0.2) is 11.1 Å². The molecule has 15 heavy (non-hydrogen) atoms. The summed E-state index contributed by atoms with van der Waals surface area (Å²) in [6.07, 6.45) is 7.01. The molecule has 0 radical (unpaired) electrons. The Morgan fingerprint density at radius 3 is 2.47 bits per heavy atom. The molecular formula is C12H21NO2. The molecule has 1 N–H and O–H groups in total. The van der Waals surface area contributed by atoms with Gasteiger partial charge in [0.2, 0.25) is 0 Å². The van der Waals surface area contributed by atoms with Crippen molar-refractivity contribution in [3.05, 3.63) is 0 Å². The van der Waals surface area contributed by atoms with Crippen LogP contribution in [-0.2, 0) is 4.79 Å². The van der Waals surface area contributed by atoms with E-state index in [0.29, 0.717) is 6.42 Å². The van der Waals surface area contributed by atoms with Gasteiger partial charge < -0.3 is 5.11 Å².